The maximum atomic E-state index is 14.0. The van der Waals surface area contributed by atoms with Gasteiger partial charge in [-0.2, -0.15) is 4.31 Å². The van der Waals surface area contributed by atoms with Crippen molar-refractivity contribution in [2.24, 2.45) is 0 Å². The molecule has 0 saturated heterocycles. The Kier molecular flexibility index (Phi) is 8.18. The van der Waals surface area contributed by atoms with Crippen molar-refractivity contribution in [1.29, 1.82) is 0 Å². The molecule has 1 atom stereocenters. The number of benzene rings is 3. The summed E-state index contributed by atoms with van der Waals surface area (Å²) in [7, 11) is -2.50. The van der Waals surface area contributed by atoms with Gasteiger partial charge in [0, 0.05) is 24.6 Å². The molecule has 1 amide bonds. The smallest absolute Gasteiger partial charge is 0.247 e. The number of carbonyl (C=O) groups is 1. The normalized spacial score (nSPS) is 15.9. The highest BCUT2D eigenvalue weighted by Gasteiger charge is 2.41. The summed E-state index contributed by atoms with van der Waals surface area (Å²) in [6, 6.07) is 15.9. The van der Waals surface area contributed by atoms with Gasteiger partial charge >= 0.3 is 0 Å². The lowest BCUT2D eigenvalue weighted by Crippen LogP contribution is -2.52. The van der Waals surface area contributed by atoms with Crippen LogP contribution in [0.2, 0.25) is 0 Å². The van der Waals surface area contributed by atoms with Gasteiger partial charge in [0.2, 0.25) is 15.9 Å². The van der Waals surface area contributed by atoms with E-state index in [-0.39, 0.29) is 36.1 Å². The largest absolute Gasteiger partial charge is 0.492 e. The molecule has 0 bridgehead atoms. The van der Waals surface area contributed by atoms with E-state index in [0.29, 0.717) is 15.6 Å². The number of hydrogen-bond acceptors (Lipinski definition) is 4. The van der Waals surface area contributed by atoms with Gasteiger partial charge in [-0.3, -0.25) is 4.79 Å². The molecule has 190 valence electrons. The molecule has 0 spiro atoms. The molecule has 10 heteroatoms. The van der Waals surface area contributed by atoms with Crippen LogP contribution in [0.1, 0.15) is 23.6 Å². The highest BCUT2D eigenvalue weighted by atomic mass is 79.9. The minimum absolute atomic E-state index is 0.000948. The maximum Gasteiger partial charge on any atom is 0.247 e. The summed E-state index contributed by atoms with van der Waals surface area (Å²) in [4.78, 5) is 15.2. The number of carbonyl (C=O) groups excluding carboxylic acids is 1. The van der Waals surface area contributed by atoms with E-state index in [4.69, 9.17) is 4.74 Å². The molecule has 1 heterocycles. The van der Waals surface area contributed by atoms with E-state index < -0.39 is 21.9 Å². The van der Waals surface area contributed by atoms with E-state index in [1.807, 2.05) is 24.3 Å². The Morgan fingerprint density at radius 2 is 1.83 bits per heavy atom. The van der Waals surface area contributed by atoms with Crippen LogP contribution in [0.4, 0.5) is 4.39 Å². The number of amides is 1. The van der Waals surface area contributed by atoms with Crippen LogP contribution in [-0.4, -0.2) is 43.2 Å². The summed E-state index contributed by atoms with van der Waals surface area (Å²) < 4.78 is 49.5. The average Bonchev–Trinajstić information content (AvgIpc) is 2.86. The Bertz CT molecular complexity index is 1400. The molecule has 1 aliphatic rings. The van der Waals surface area contributed by atoms with Gasteiger partial charge in [-0.1, -0.05) is 46.3 Å². The molecule has 0 radical (unpaired) electrons. The maximum absolute atomic E-state index is 14.0. The van der Waals surface area contributed by atoms with Crippen LogP contribution < -0.4 is 4.74 Å². The van der Waals surface area contributed by atoms with Gasteiger partial charge in [0.25, 0.3) is 0 Å². The number of likely N-dealkylation sites (N-methyl/N-ethyl adjacent to an activating group) is 1. The van der Waals surface area contributed by atoms with Crippen LogP contribution in [0.15, 0.2) is 74.5 Å². The zero-order chi connectivity index (χ0) is 26.0. The molecule has 0 saturated carbocycles. The molecule has 0 N–H and O–H groups in total. The second kappa shape index (κ2) is 11.0. The van der Waals surface area contributed by atoms with Crippen LogP contribution >= 0.6 is 31.9 Å². The van der Waals surface area contributed by atoms with Gasteiger partial charge in [0.15, 0.2) is 0 Å². The van der Waals surface area contributed by atoms with Crippen molar-refractivity contribution in [2.75, 3.05) is 13.7 Å². The highest BCUT2D eigenvalue weighted by molar-refractivity contribution is 9.10. The van der Waals surface area contributed by atoms with Crippen molar-refractivity contribution >= 4 is 47.8 Å². The third kappa shape index (κ3) is 5.51. The fourth-order valence-electron chi connectivity index (χ4n) is 4.29. The van der Waals surface area contributed by atoms with Crippen LogP contribution in [0.3, 0.4) is 0 Å². The van der Waals surface area contributed by atoms with Gasteiger partial charge in [-0.25, -0.2) is 12.8 Å². The lowest BCUT2D eigenvalue weighted by Gasteiger charge is -2.37. The molecule has 1 aliphatic heterocycles. The summed E-state index contributed by atoms with van der Waals surface area (Å²) >= 11 is 6.53. The van der Waals surface area contributed by atoms with Crippen molar-refractivity contribution in [3.05, 3.63) is 92.1 Å². The molecule has 1 unspecified atom stereocenters. The molecule has 0 aliphatic carbocycles. The van der Waals surface area contributed by atoms with Crippen molar-refractivity contribution in [3.63, 3.8) is 0 Å². The van der Waals surface area contributed by atoms with Crippen molar-refractivity contribution in [3.8, 4) is 5.75 Å². The van der Waals surface area contributed by atoms with E-state index in [1.165, 1.54) is 21.3 Å². The predicted molar refractivity (Wildman–Crippen MR) is 143 cm³/mol. The number of nitrogens with zero attached hydrogens (tertiary/aromatic N) is 2. The van der Waals surface area contributed by atoms with Gasteiger partial charge in [0.05, 0.1) is 11.1 Å². The second-order valence-corrected chi connectivity index (χ2v) is 12.1. The number of sulfonamides is 1. The Morgan fingerprint density at radius 1 is 1.11 bits per heavy atom. The Balaban J connectivity index is 1.72. The molecule has 6 nitrogen and oxygen atoms in total. The predicted octanol–water partition coefficient (Wildman–Crippen LogP) is 5.52. The first-order valence-electron chi connectivity index (χ1n) is 11.3. The molecular weight excluding hydrogens is 615 g/mol. The van der Waals surface area contributed by atoms with Gasteiger partial charge in [0.1, 0.15) is 22.5 Å². The summed E-state index contributed by atoms with van der Waals surface area (Å²) in [6.45, 7) is 2.34. The van der Waals surface area contributed by atoms with Crippen molar-refractivity contribution < 1.29 is 22.3 Å². The minimum Gasteiger partial charge on any atom is -0.492 e. The first-order chi connectivity index (χ1) is 17.1. The fraction of sp³-hybridized carbons (Fsp3) is 0.269. The minimum atomic E-state index is -4.12. The zero-order valence-corrected chi connectivity index (χ0v) is 23.7. The van der Waals surface area contributed by atoms with Crippen molar-refractivity contribution in [2.45, 2.75) is 37.4 Å². The van der Waals surface area contributed by atoms with Gasteiger partial charge < -0.3 is 9.64 Å². The van der Waals surface area contributed by atoms with E-state index in [1.54, 1.807) is 38.2 Å². The first-order valence-corrected chi connectivity index (χ1v) is 14.3. The summed E-state index contributed by atoms with van der Waals surface area (Å²) in [5, 5.41) is 0. The van der Waals surface area contributed by atoms with E-state index in [2.05, 4.69) is 31.9 Å². The number of ether oxygens (including phenoxy) is 1. The molecule has 3 aromatic rings. The lowest BCUT2D eigenvalue weighted by atomic mass is 9.95. The van der Waals surface area contributed by atoms with E-state index in [0.717, 1.165) is 16.7 Å². The highest BCUT2D eigenvalue weighted by Crippen LogP contribution is 2.35. The molecular formula is C26H25Br2FN2O4S. The quantitative estimate of drug-likeness (QED) is 0.341. The molecule has 36 heavy (non-hydrogen) atoms. The SMILES string of the molecule is CCOc1ccc(Br)cc1S(=O)(=O)N1Cc2ccccc2CC1C(=O)N(C)Cc1ccc(F)c(Br)c1. The Hall–Kier alpha value is -2.27. The van der Waals surface area contributed by atoms with Crippen molar-refractivity contribution in [1.82, 2.24) is 9.21 Å². The number of halogens is 3. The summed E-state index contributed by atoms with van der Waals surface area (Å²) in [6.07, 6.45) is 0.240. The number of rotatable bonds is 7. The van der Waals surface area contributed by atoms with Crippen LogP contribution in [0.25, 0.3) is 0 Å². The van der Waals surface area contributed by atoms with Crippen LogP contribution in [0, 0.1) is 5.82 Å². The molecule has 0 fully saturated rings. The van der Waals surface area contributed by atoms with Crippen LogP contribution in [-0.2, 0) is 34.3 Å². The Morgan fingerprint density at radius 3 is 2.53 bits per heavy atom. The number of fused-ring (bicyclic) bond motifs is 1. The Labute approximate surface area is 227 Å². The monoisotopic (exact) mass is 638 g/mol. The molecule has 4 rings (SSSR count). The second-order valence-electron chi connectivity index (χ2n) is 8.51. The summed E-state index contributed by atoms with van der Waals surface area (Å²) in [5.41, 5.74) is 2.50. The van der Waals surface area contributed by atoms with Crippen LogP contribution in [0.5, 0.6) is 5.75 Å². The topological polar surface area (TPSA) is 66.9 Å². The summed E-state index contributed by atoms with van der Waals surface area (Å²) in [5.74, 6) is -0.509. The zero-order valence-electron chi connectivity index (χ0n) is 19.7. The van der Waals surface area contributed by atoms with Gasteiger partial charge in [-0.15, -0.1) is 0 Å². The molecule has 0 aromatic heterocycles. The third-order valence-electron chi connectivity index (χ3n) is 6.06. The first kappa shape index (κ1) is 26.8. The fourth-order valence-corrected chi connectivity index (χ4v) is 6.95. The van der Waals surface area contributed by atoms with E-state index >= 15 is 0 Å². The molecule has 3 aromatic carbocycles. The number of hydrogen-bond donors (Lipinski definition) is 0. The average molecular weight is 640 g/mol. The van der Waals surface area contributed by atoms with Gasteiger partial charge in [-0.05, 0) is 76.3 Å². The lowest BCUT2D eigenvalue weighted by molar-refractivity contribution is -0.135. The third-order valence-corrected chi connectivity index (χ3v) is 9.04. The standard InChI is InChI=1S/C26H25Br2FN2O4S/c1-3-35-24-11-9-20(27)14-25(24)36(33,34)31-16-19-7-5-4-6-18(19)13-23(31)26(32)30(2)15-17-8-10-22(29)21(28)12-17/h4-12,14,23H,3,13,15-16H2,1-2H3. The van der Waals surface area contributed by atoms with E-state index in [9.17, 15) is 17.6 Å².